The van der Waals surface area contributed by atoms with Crippen molar-refractivity contribution in [3.63, 3.8) is 0 Å². The van der Waals surface area contributed by atoms with Crippen molar-refractivity contribution in [1.29, 1.82) is 0 Å². The third kappa shape index (κ3) is 5.62. The number of nitrogens with zero attached hydrogens (tertiary/aromatic N) is 3. The number of rotatable bonds is 4. The quantitative estimate of drug-likeness (QED) is 0.548. The summed E-state index contributed by atoms with van der Waals surface area (Å²) in [6.07, 6.45) is -9.16. The molecule has 0 amide bonds. The molecule has 1 saturated heterocycles. The van der Waals surface area contributed by atoms with Gasteiger partial charge in [0.2, 0.25) is 17.7 Å². The second-order valence-electron chi connectivity index (χ2n) is 5.75. The lowest BCUT2D eigenvalue weighted by Crippen LogP contribution is -2.40. The number of aromatic nitrogens is 3. The molecule has 1 fully saturated rings. The average molecular weight is 382 g/mol. The Morgan fingerprint density at radius 2 is 1.38 bits per heavy atom. The van der Waals surface area contributed by atoms with Gasteiger partial charge in [0.05, 0.1) is 0 Å². The van der Waals surface area contributed by atoms with Crippen LogP contribution >= 0.6 is 0 Å². The summed E-state index contributed by atoms with van der Waals surface area (Å²) in [4.78, 5) is 11.1. The molecule has 1 aromatic rings. The lowest BCUT2D eigenvalue weighted by molar-refractivity contribution is -0.139. The van der Waals surface area contributed by atoms with Crippen molar-refractivity contribution >= 4 is 11.9 Å². The molecular weight excluding hydrogens is 366 g/mol. The third-order valence-corrected chi connectivity index (χ3v) is 3.48. The van der Waals surface area contributed by atoms with Crippen molar-refractivity contribution in [2.45, 2.75) is 38.3 Å². The van der Waals surface area contributed by atoms with E-state index in [-0.39, 0.29) is 11.7 Å². The Balaban J connectivity index is 2.27. The van der Waals surface area contributed by atoms with Crippen LogP contribution in [-0.2, 0) is 0 Å². The lowest BCUT2D eigenvalue weighted by Gasteiger charge is -2.21. The fourth-order valence-corrected chi connectivity index (χ4v) is 1.67. The maximum absolute atomic E-state index is 12.7. The van der Waals surface area contributed by atoms with E-state index in [4.69, 9.17) is 0 Å². The van der Waals surface area contributed by atoms with Gasteiger partial charge in [-0.25, -0.2) is 0 Å². The maximum atomic E-state index is 12.7. The molecule has 12 heteroatoms. The van der Waals surface area contributed by atoms with Gasteiger partial charge in [0.1, 0.15) is 12.1 Å². The molecule has 3 N–H and O–H groups in total. The first-order valence-corrected chi connectivity index (χ1v) is 7.60. The zero-order chi connectivity index (χ0) is 19.5. The molecular formula is C14H16F6N6. The number of hydrogen-bond acceptors (Lipinski definition) is 6. The van der Waals surface area contributed by atoms with E-state index in [1.54, 1.807) is 0 Å². The first-order valence-electron chi connectivity index (χ1n) is 7.60. The molecule has 0 unspecified atom stereocenters. The Bertz CT molecular complexity index is 648. The van der Waals surface area contributed by atoms with Crippen LogP contribution in [-0.4, -0.2) is 52.5 Å². The number of hydrogen-bond donors (Lipinski definition) is 3. The van der Waals surface area contributed by atoms with E-state index in [2.05, 4.69) is 32.1 Å². The van der Waals surface area contributed by atoms with Gasteiger partial charge in [0, 0.05) is 19.0 Å². The van der Waals surface area contributed by atoms with Gasteiger partial charge in [-0.3, -0.25) is 0 Å². The Morgan fingerprint density at radius 3 is 1.73 bits per heavy atom. The van der Waals surface area contributed by atoms with Crippen LogP contribution in [0.4, 0.5) is 38.2 Å². The van der Waals surface area contributed by atoms with E-state index >= 15 is 0 Å². The zero-order valence-electron chi connectivity index (χ0n) is 13.8. The first-order chi connectivity index (χ1) is 11.9. The molecule has 144 valence electrons. The van der Waals surface area contributed by atoms with Gasteiger partial charge in [-0.1, -0.05) is 5.92 Å². The van der Waals surface area contributed by atoms with Crippen molar-refractivity contribution in [2.75, 3.05) is 23.7 Å². The predicted molar refractivity (Wildman–Crippen MR) is 81.3 cm³/mol. The van der Waals surface area contributed by atoms with Crippen LogP contribution in [0.3, 0.4) is 0 Å². The fraction of sp³-hybridized carbons (Fsp3) is 0.643. The van der Waals surface area contributed by atoms with E-state index in [0.29, 0.717) is 13.1 Å². The Hall–Kier alpha value is -2.29. The van der Waals surface area contributed by atoms with Crippen LogP contribution in [0.15, 0.2) is 0 Å². The van der Waals surface area contributed by atoms with Crippen molar-refractivity contribution in [2.24, 2.45) is 5.92 Å². The number of alkyl halides is 6. The monoisotopic (exact) mass is 382 g/mol. The highest BCUT2D eigenvalue weighted by molar-refractivity contribution is 5.40. The van der Waals surface area contributed by atoms with E-state index in [9.17, 15) is 26.3 Å². The average Bonchev–Trinajstić information content (AvgIpc) is 2.43. The number of halogens is 6. The van der Waals surface area contributed by atoms with Gasteiger partial charge in [0.15, 0.2) is 0 Å². The molecule has 0 bridgehead atoms. The summed E-state index contributed by atoms with van der Waals surface area (Å²) in [6.45, 7) is 2.95. The Labute approximate surface area is 145 Å². The minimum Gasteiger partial charge on any atom is -0.343 e. The van der Waals surface area contributed by atoms with Gasteiger partial charge in [-0.15, -0.1) is 0 Å². The molecule has 2 atom stereocenters. The van der Waals surface area contributed by atoms with Crippen LogP contribution in [0.2, 0.25) is 0 Å². The highest BCUT2D eigenvalue weighted by Crippen LogP contribution is 2.24. The SMILES string of the molecule is C[C@@H](Nc1nc(C#CC2CNC2)nc(N[C@H](C)C(F)(F)F)n1)C(F)(F)F. The molecule has 1 aliphatic rings. The van der Waals surface area contributed by atoms with Gasteiger partial charge >= 0.3 is 12.4 Å². The number of anilines is 2. The molecule has 0 saturated carbocycles. The van der Waals surface area contributed by atoms with Gasteiger partial charge in [-0.2, -0.15) is 41.3 Å². The largest absolute Gasteiger partial charge is 0.408 e. The summed E-state index contributed by atoms with van der Waals surface area (Å²) in [7, 11) is 0. The molecule has 0 aliphatic carbocycles. The second-order valence-corrected chi connectivity index (χ2v) is 5.75. The van der Waals surface area contributed by atoms with Gasteiger partial charge in [0.25, 0.3) is 0 Å². The minimum atomic E-state index is -4.58. The van der Waals surface area contributed by atoms with Crippen LogP contribution < -0.4 is 16.0 Å². The summed E-state index contributed by atoms with van der Waals surface area (Å²) < 4.78 is 76.1. The molecule has 0 spiro atoms. The van der Waals surface area contributed by atoms with Crippen LogP contribution in [0.5, 0.6) is 0 Å². The Kier molecular flexibility index (Phi) is 5.80. The zero-order valence-corrected chi connectivity index (χ0v) is 13.8. The Morgan fingerprint density at radius 1 is 0.923 bits per heavy atom. The minimum absolute atomic E-state index is 0.0304. The van der Waals surface area contributed by atoms with Crippen LogP contribution in [0.1, 0.15) is 19.7 Å². The smallest absolute Gasteiger partial charge is 0.343 e. The summed E-state index contributed by atoms with van der Waals surface area (Å²) >= 11 is 0. The summed E-state index contributed by atoms with van der Waals surface area (Å²) in [5, 5.41) is 6.98. The summed E-state index contributed by atoms with van der Waals surface area (Å²) in [6, 6.07) is -4.01. The molecule has 1 aromatic heterocycles. The normalized spacial score (nSPS) is 17.5. The van der Waals surface area contributed by atoms with Crippen molar-refractivity contribution in [3.05, 3.63) is 5.82 Å². The molecule has 2 heterocycles. The van der Waals surface area contributed by atoms with Crippen LogP contribution in [0, 0.1) is 17.8 Å². The maximum Gasteiger partial charge on any atom is 0.408 e. The van der Waals surface area contributed by atoms with Crippen molar-refractivity contribution in [1.82, 2.24) is 20.3 Å². The van der Waals surface area contributed by atoms with Crippen LogP contribution in [0.25, 0.3) is 0 Å². The molecule has 6 nitrogen and oxygen atoms in total. The highest BCUT2D eigenvalue weighted by atomic mass is 19.4. The fourth-order valence-electron chi connectivity index (χ4n) is 1.67. The summed E-state index contributed by atoms with van der Waals surface area (Å²) in [5.74, 6) is 4.13. The lowest BCUT2D eigenvalue weighted by atomic mass is 10.1. The molecule has 2 rings (SSSR count). The van der Waals surface area contributed by atoms with E-state index in [1.165, 1.54) is 0 Å². The summed E-state index contributed by atoms with van der Waals surface area (Å²) in [5.41, 5.74) is 0. The topological polar surface area (TPSA) is 74.8 Å². The molecule has 0 aromatic carbocycles. The van der Waals surface area contributed by atoms with E-state index in [1.807, 2.05) is 10.6 Å². The number of nitrogens with one attached hydrogen (secondary N) is 3. The van der Waals surface area contributed by atoms with E-state index < -0.39 is 36.3 Å². The second kappa shape index (κ2) is 7.53. The van der Waals surface area contributed by atoms with Crippen molar-refractivity contribution < 1.29 is 26.3 Å². The predicted octanol–water partition coefficient (Wildman–Crippen LogP) is 2.17. The molecule has 1 aliphatic heterocycles. The third-order valence-electron chi connectivity index (χ3n) is 3.48. The standard InChI is InChI=1S/C14H16F6N6/c1-7(13(15,16)17)22-11-24-10(4-3-9-5-21-6-9)25-12(26-11)23-8(2)14(18,19)20/h7-9,21H,5-6H2,1-2H3,(H2,22,23,24,25,26)/t7-,8-/m1/s1. The highest BCUT2D eigenvalue weighted by Gasteiger charge is 2.38. The van der Waals surface area contributed by atoms with E-state index in [0.717, 1.165) is 13.8 Å². The first kappa shape index (κ1) is 20.0. The molecule has 0 radical (unpaired) electrons. The van der Waals surface area contributed by atoms with Crippen molar-refractivity contribution in [3.8, 4) is 11.8 Å². The van der Waals surface area contributed by atoms with Gasteiger partial charge < -0.3 is 16.0 Å². The molecule has 26 heavy (non-hydrogen) atoms. The van der Waals surface area contributed by atoms with Gasteiger partial charge in [-0.05, 0) is 19.8 Å².